The van der Waals surface area contributed by atoms with Gasteiger partial charge in [0.2, 0.25) is 0 Å². The molecule has 0 N–H and O–H groups in total. The van der Waals surface area contributed by atoms with Gasteiger partial charge in [0.1, 0.15) is 0 Å². The van der Waals surface area contributed by atoms with E-state index >= 15 is 0 Å². The maximum atomic E-state index is 10.7. The fourth-order valence-electron chi connectivity index (χ4n) is 1.04. The summed E-state index contributed by atoms with van der Waals surface area (Å²) < 4.78 is 0.704. The van der Waals surface area contributed by atoms with Crippen LogP contribution in [-0.4, -0.2) is 15.6 Å². The molecule has 0 saturated heterocycles. The van der Waals surface area contributed by atoms with Crippen molar-refractivity contribution in [3.05, 3.63) is 22.7 Å². The average molecular weight is 222 g/mol. The van der Waals surface area contributed by atoms with Gasteiger partial charge in [-0.2, -0.15) is 0 Å². The van der Waals surface area contributed by atoms with Gasteiger partial charge in [-0.05, 0) is 0 Å². The fraction of sp³-hybridized carbons (Fsp3) is 0.222. The molecule has 13 heavy (non-hydrogen) atoms. The normalized spacial score (nSPS) is 17.4. The molecule has 0 aromatic heterocycles. The van der Waals surface area contributed by atoms with Gasteiger partial charge in [0.15, 0.2) is 0 Å². The van der Waals surface area contributed by atoms with E-state index in [9.17, 15) is 14.4 Å². The molecule has 0 aliphatic heterocycles. The minimum absolute atomic E-state index is 0.526. The first kappa shape index (κ1) is 10.1. The van der Waals surface area contributed by atoms with Crippen molar-refractivity contribution >= 4 is 15.6 Å². The SMILES string of the molecule is O=[CH][Fe]([CH]=O)([CH]=O)[C]1=CC=CCC1. The first-order chi connectivity index (χ1) is 6.29. The Morgan fingerprint density at radius 3 is 2.15 bits per heavy atom. The number of carbonyl (C=O) groups is 3. The Labute approximate surface area is 78.7 Å². The Balaban J connectivity index is 3.05. The van der Waals surface area contributed by atoms with Gasteiger partial charge in [-0.15, -0.1) is 0 Å². The molecule has 4 heteroatoms. The number of carbonyl (C=O) groups excluding carboxylic acids is 3. The van der Waals surface area contributed by atoms with Crippen LogP contribution in [0.15, 0.2) is 22.7 Å². The molecular formula is C9H10FeO3. The number of hydrogen-bond acceptors (Lipinski definition) is 3. The number of allylic oxidation sites excluding steroid dienone is 4. The van der Waals surface area contributed by atoms with Crippen LogP contribution in [0, 0.1) is 0 Å². The topological polar surface area (TPSA) is 51.2 Å². The molecule has 0 aromatic carbocycles. The van der Waals surface area contributed by atoms with Crippen molar-refractivity contribution in [2.24, 2.45) is 0 Å². The number of rotatable bonds is 4. The molecule has 1 aliphatic carbocycles. The van der Waals surface area contributed by atoms with Crippen LogP contribution in [0.1, 0.15) is 12.8 Å². The van der Waals surface area contributed by atoms with E-state index in [1.165, 1.54) is 0 Å². The van der Waals surface area contributed by atoms with Gasteiger partial charge in [-0.3, -0.25) is 0 Å². The van der Waals surface area contributed by atoms with Crippen LogP contribution in [0.3, 0.4) is 0 Å². The summed E-state index contributed by atoms with van der Waals surface area (Å²) in [6.45, 7) is 0. The van der Waals surface area contributed by atoms with E-state index in [4.69, 9.17) is 0 Å². The molecule has 0 amide bonds. The van der Waals surface area contributed by atoms with E-state index < -0.39 is 12.8 Å². The van der Waals surface area contributed by atoms with Crippen molar-refractivity contribution in [1.29, 1.82) is 0 Å². The predicted molar refractivity (Wildman–Crippen MR) is 46.7 cm³/mol. The fourth-order valence-corrected chi connectivity index (χ4v) is 2.79. The molecule has 0 saturated carbocycles. The van der Waals surface area contributed by atoms with Crippen LogP contribution in [0.4, 0.5) is 0 Å². The third kappa shape index (κ3) is 1.84. The Hall–Kier alpha value is -0.991. The summed E-state index contributed by atoms with van der Waals surface area (Å²) in [6.07, 6.45) is 6.88. The summed E-state index contributed by atoms with van der Waals surface area (Å²) in [5.74, 6) is 0. The molecular weight excluding hydrogens is 212 g/mol. The Morgan fingerprint density at radius 2 is 1.77 bits per heavy atom. The first-order valence-corrected chi connectivity index (χ1v) is 6.18. The standard InChI is InChI=1S/C6H7.3CHO.Fe/c1-2-4-6-5-3-1;3*1-2;/h1-3H,4,6H2;3*1H;. The molecule has 0 unspecified atom stereocenters. The van der Waals surface area contributed by atoms with Crippen LogP contribution in [0.25, 0.3) is 0 Å². The summed E-state index contributed by atoms with van der Waals surface area (Å²) in [5, 5.41) is 1.58. The molecule has 1 rings (SSSR count). The van der Waals surface area contributed by atoms with Gasteiger partial charge < -0.3 is 0 Å². The van der Waals surface area contributed by atoms with Crippen molar-refractivity contribution in [3.8, 4) is 0 Å². The molecule has 0 atom stereocenters. The monoisotopic (exact) mass is 222 g/mol. The van der Waals surface area contributed by atoms with Crippen LogP contribution < -0.4 is 0 Å². The molecule has 0 spiro atoms. The van der Waals surface area contributed by atoms with Crippen LogP contribution in [0.2, 0.25) is 0 Å². The van der Waals surface area contributed by atoms with Gasteiger partial charge in [0, 0.05) is 0 Å². The minimum atomic E-state index is -2.90. The van der Waals surface area contributed by atoms with E-state index in [-0.39, 0.29) is 0 Å². The van der Waals surface area contributed by atoms with Crippen molar-refractivity contribution < 1.29 is 27.2 Å². The van der Waals surface area contributed by atoms with Crippen LogP contribution in [-0.2, 0) is 27.2 Å². The summed E-state index contributed by atoms with van der Waals surface area (Å²) in [7, 11) is 0. The molecule has 0 fully saturated rings. The Bertz CT molecular complexity index is 269. The van der Waals surface area contributed by atoms with Gasteiger partial charge in [0.25, 0.3) is 0 Å². The van der Waals surface area contributed by atoms with E-state index in [0.717, 1.165) is 6.42 Å². The Kier molecular flexibility index (Phi) is 3.34. The van der Waals surface area contributed by atoms with E-state index in [2.05, 4.69) is 0 Å². The van der Waals surface area contributed by atoms with Crippen LogP contribution in [0.5, 0.6) is 0 Å². The van der Waals surface area contributed by atoms with Gasteiger partial charge >= 0.3 is 78.3 Å². The Morgan fingerprint density at radius 1 is 1.15 bits per heavy atom. The van der Waals surface area contributed by atoms with Crippen molar-refractivity contribution in [3.63, 3.8) is 0 Å². The third-order valence-corrected chi connectivity index (χ3v) is 4.74. The van der Waals surface area contributed by atoms with Crippen LogP contribution >= 0.6 is 0 Å². The van der Waals surface area contributed by atoms with Crippen molar-refractivity contribution in [1.82, 2.24) is 0 Å². The molecule has 72 valence electrons. The van der Waals surface area contributed by atoms with E-state index in [1.54, 1.807) is 12.2 Å². The maximum absolute atomic E-state index is 10.7. The zero-order chi connectivity index (χ0) is 9.73. The third-order valence-electron chi connectivity index (χ3n) is 1.76. The summed E-state index contributed by atoms with van der Waals surface area (Å²) >= 11 is -2.90. The summed E-state index contributed by atoms with van der Waals surface area (Å²) in [6, 6.07) is 0. The zero-order valence-electron chi connectivity index (χ0n) is 6.96. The second-order valence-electron chi connectivity index (χ2n) is 2.47. The molecule has 1 aliphatic rings. The van der Waals surface area contributed by atoms with E-state index in [1.807, 2.05) is 6.08 Å². The quantitative estimate of drug-likeness (QED) is 0.525. The first-order valence-electron chi connectivity index (χ1n) is 3.71. The molecule has 0 bridgehead atoms. The second kappa shape index (κ2) is 4.30. The zero-order valence-corrected chi connectivity index (χ0v) is 8.06. The number of hydrogen-bond donors (Lipinski definition) is 0. The van der Waals surface area contributed by atoms with Crippen molar-refractivity contribution in [2.45, 2.75) is 12.8 Å². The van der Waals surface area contributed by atoms with Gasteiger partial charge in [-0.25, -0.2) is 0 Å². The summed E-state index contributed by atoms with van der Waals surface area (Å²) in [4.78, 5) is 32.1. The molecule has 3 nitrogen and oxygen atoms in total. The van der Waals surface area contributed by atoms with Crippen molar-refractivity contribution in [2.75, 3.05) is 0 Å². The van der Waals surface area contributed by atoms with Gasteiger partial charge in [-0.1, -0.05) is 0 Å². The second-order valence-corrected chi connectivity index (χ2v) is 6.02. The average Bonchev–Trinajstić information content (AvgIpc) is 2.23. The molecule has 0 radical (unpaired) electrons. The molecule has 0 heterocycles. The molecule has 0 aromatic rings. The van der Waals surface area contributed by atoms with Gasteiger partial charge in [0.05, 0.1) is 0 Å². The summed E-state index contributed by atoms with van der Waals surface area (Å²) in [5.41, 5.74) is 0. The van der Waals surface area contributed by atoms with E-state index in [0.29, 0.717) is 26.4 Å². The predicted octanol–water partition coefficient (Wildman–Crippen LogP) is 0.945.